The molecule has 0 unspecified atom stereocenters. The molecular formula is C38H41N7O5. The number of phenols is 1. The van der Waals surface area contributed by atoms with Gasteiger partial charge in [-0.3, -0.25) is 9.59 Å². The lowest BCUT2D eigenvalue weighted by Crippen LogP contribution is -2.26. The van der Waals surface area contributed by atoms with Crippen LogP contribution in [0.1, 0.15) is 52.1 Å². The van der Waals surface area contributed by atoms with E-state index >= 15 is 0 Å². The minimum atomic E-state index is -0.177. The first-order chi connectivity index (χ1) is 24.4. The largest absolute Gasteiger partial charge is 0.508 e. The van der Waals surface area contributed by atoms with Crippen molar-refractivity contribution in [3.63, 3.8) is 0 Å². The first-order valence-electron chi connectivity index (χ1n) is 16.5. The highest BCUT2D eigenvalue weighted by Gasteiger charge is 2.13. The molecular weight excluding hydrogens is 634 g/mol. The van der Waals surface area contributed by atoms with Gasteiger partial charge in [0.2, 0.25) is 17.8 Å². The number of ether oxygens (including phenoxy) is 2. The van der Waals surface area contributed by atoms with Gasteiger partial charge in [0.15, 0.2) is 5.78 Å². The van der Waals surface area contributed by atoms with E-state index in [-0.39, 0.29) is 35.4 Å². The predicted molar refractivity (Wildman–Crippen MR) is 193 cm³/mol. The molecule has 0 spiro atoms. The summed E-state index contributed by atoms with van der Waals surface area (Å²) in [6, 6.07) is 32.5. The van der Waals surface area contributed by atoms with Crippen LogP contribution in [0, 0.1) is 0 Å². The van der Waals surface area contributed by atoms with Gasteiger partial charge in [-0.05, 0) is 67.4 Å². The third-order valence-electron chi connectivity index (χ3n) is 7.50. The number of aromatic hydroxyl groups is 1. The van der Waals surface area contributed by atoms with Crippen molar-refractivity contribution in [1.82, 2.24) is 20.3 Å². The number of carbonyl (C=O) groups is 2. The van der Waals surface area contributed by atoms with Crippen LogP contribution in [0.15, 0.2) is 109 Å². The second kappa shape index (κ2) is 18.6. The van der Waals surface area contributed by atoms with Crippen LogP contribution in [0.25, 0.3) is 0 Å². The number of nitrogens with one attached hydrogen (secondary N) is 4. The molecule has 0 aliphatic rings. The SMILES string of the molecule is C[C@H](NC(=O)c1ccc(Nc2nc(NCCOCCOCCCC(=O)c3ccccc3)nc(Nc3ccc(O)cc3)n2)cc1)c1ccccc1. The topological polar surface area (TPSA) is 160 Å². The Balaban J connectivity index is 1.10. The van der Waals surface area contributed by atoms with Gasteiger partial charge in [-0.25, -0.2) is 0 Å². The lowest BCUT2D eigenvalue weighted by Gasteiger charge is -2.15. The van der Waals surface area contributed by atoms with Gasteiger partial charge in [0.05, 0.1) is 25.9 Å². The van der Waals surface area contributed by atoms with Crippen molar-refractivity contribution in [2.45, 2.75) is 25.8 Å². The maximum Gasteiger partial charge on any atom is 0.251 e. The number of Topliss-reactive ketones (excluding diaryl/α,β-unsaturated/α-hetero) is 1. The molecule has 50 heavy (non-hydrogen) atoms. The summed E-state index contributed by atoms with van der Waals surface area (Å²) < 4.78 is 11.3. The molecule has 0 saturated carbocycles. The van der Waals surface area contributed by atoms with Gasteiger partial charge in [-0.2, -0.15) is 15.0 Å². The Kier molecular flexibility index (Phi) is 13.2. The first-order valence-corrected chi connectivity index (χ1v) is 16.5. The number of phenolic OH excluding ortho intramolecular Hbond substituents is 1. The number of hydrogen-bond acceptors (Lipinski definition) is 11. The number of ketones is 1. The van der Waals surface area contributed by atoms with Crippen LogP contribution in [0.2, 0.25) is 0 Å². The summed E-state index contributed by atoms with van der Waals surface area (Å²) >= 11 is 0. The Hall–Kier alpha value is -5.85. The van der Waals surface area contributed by atoms with E-state index in [1.807, 2.05) is 67.6 Å². The van der Waals surface area contributed by atoms with E-state index in [9.17, 15) is 14.7 Å². The first kappa shape index (κ1) is 35.5. The van der Waals surface area contributed by atoms with E-state index in [0.717, 1.165) is 11.1 Å². The van der Waals surface area contributed by atoms with Crippen molar-refractivity contribution in [3.05, 3.63) is 126 Å². The Labute approximate surface area is 291 Å². The van der Waals surface area contributed by atoms with Gasteiger partial charge in [-0.1, -0.05) is 60.7 Å². The molecule has 12 nitrogen and oxygen atoms in total. The summed E-state index contributed by atoms with van der Waals surface area (Å²) in [7, 11) is 0. The minimum Gasteiger partial charge on any atom is -0.508 e. The zero-order chi connectivity index (χ0) is 35.0. The smallest absolute Gasteiger partial charge is 0.251 e. The highest BCUT2D eigenvalue weighted by Crippen LogP contribution is 2.21. The molecule has 0 saturated heterocycles. The number of carbonyl (C=O) groups excluding carboxylic acids is 2. The fraction of sp³-hybridized carbons (Fsp3) is 0.237. The minimum absolute atomic E-state index is 0.112. The van der Waals surface area contributed by atoms with E-state index in [1.165, 1.54) is 0 Å². The molecule has 0 radical (unpaired) electrons. The predicted octanol–water partition coefficient (Wildman–Crippen LogP) is 6.66. The van der Waals surface area contributed by atoms with Crippen molar-refractivity contribution < 1.29 is 24.2 Å². The summed E-state index contributed by atoms with van der Waals surface area (Å²) in [4.78, 5) is 38.5. The number of anilines is 5. The number of rotatable bonds is 19. The lowest BCUT2D eigenvalue weighted by atomic mass is 10.1. The zero-order valence-electron chi connectivity index (χ0n) is 27.8. The maximum atomic E-state index is 12.8. The molecule has 1 atom stereocenters. The van der Waals surface area contributed by atoms with E-state index < -0.39 is 0 Å². The van der Waals surface area contributed by atoms with Crippen molar-refractivity contribution in [2.24, 2.45) is 0 Å². The number of nitrogens with zero attached hydrogens (tertiary/aromatic N) is 3. The molecule has 0 aliphatic carbocycles. The fourth-order valence-electron chi connectivity index (χ4n) is 4.84. The summed E-state index contributed by atoms with van der Waals surface area (Å²) in [5.74, 6) is 0.953. The average Bonchev–Trinajstić information content (AvgIpc) is 3.14. The number of hydrogen-bond donors (Lipinski definition) is 5. The Morgan fingerprint density at radius 1 is 0.660 bits per heavy atom. The molecule has 0 aliphatic heterocycles. The molecule has 1 heterocycles. The monoisotopic (exact) mass is 675 g/mol. The van der Waals surface area contributed by atoms with Gasteiger partial charge < -0.3 is 35.8 Å². The summed E-state index contributed by atoms with van der Waals surface area (Å²) in [6.07, 6.45) is 1.09. The van der Waals surface area contributed by atoms with Crippen LogP contribution >= 0.6 is 0 Å². The number of aromatic nitrogens is 3. The Bertz CT molecular complexity index is 1790. The van der Waals surface area contributed by atoms with E-state index in [2.05, 4.69) is 36.2 Å². The summed E-state index contributed by atoms with van der Waals surface area (Å²) in [6.45, 7) is 4.08. The standard InChI is InChI=1S/C38H41N7O5/c1-27(28-9-4-2-5-10-28)40-35(48)30-14-16-31(17-15-30)41-37-43-36(44-38(45-37)42-32-18-20-33(46)21-19-32)39-22-24-50-26-25-49-23-8-13-34(47)29-11-6-3-7-12-29/h2-7,9-12,14-21,27,46H,8,13,22-26H2,1H3,(H,40,48)(H3,39,41,42,43,44,45)/t27-/m0/s1. The molecule has 12 heteroatoms. The normalized spacial score (nSPS) is 11.4. The lowest BCUT2D eigenvalue weighted by molar-refractivity contribution is 0.0497. The van der Waals surface area contributed by atoms with Crippen LogP contribution in [0.4, 0.5) is 29.2 Å². The van der Waals surface area contributed by atoms with E-state index in [1.54, 1.807) is 48.5 Å². The van der Waals surface area contributed by atoms with Crippen LogP contribution in [0.5, 0.6) is 5.75 Å². The highest BCUT2D eigenvalue weighted by atomic mass is 16.5. The van der Waals surface area contributed by atoms with Crippen LogP contribution in [-0.2, 0) is 9.47 Å². The molecule has 5 aromatic rings. The van der Waals surface area contributed by atoms with Crippen molar-refractivity contribution in [1.29, 1.82) is 0 Å². The zero-order valence-corrected chi connectivity index (χ0v) is 27.8. The highest BCUT2D eigenvalue weighted by molar-refractivity contribution is 5.96. The molecule has 5 rings (SSSR count). The fourth-order valence-corrected chi connectivity index (χ4v) is 4.84. The molecule has 0 fully saturated rings. The molecule has 258 valence electrons. The molecule has 4 aromatic carbocycles. The van der Waals surface area contributed by atoms with Gasteiger partial charge in [-0.15, -0.1) is 0 Å². The summed E-state index contributed by atoms with van der Waals surface area (Å²) in [5.41, 5.74) is 3.62. The van der Waals surface area contributed by atoms with Gasteiger partial charge in [0.1, 0.15) is 5.75 Å². The van der Waals surface area contributed by atoms with Crippen molar-refractivity contribution in [3.8, 4) is 5.75 Å². The molecule has 0 bridgehead atoms. The molecule has 5 N–H and O–H groups in total. The quantitative estimate of drug-likeness (QED) is 0.0362. The van der Waals surface area contributed by atoms with E-state index in [0.29, 0.717) is 68.7 Å². The second-order valence-electron chi connectivity index (χ2n) is 11.3. The van der Waals surface area contributed by atoms with Gasteiger partial charge in [0, 0.05) is 42.1 Å². The number of amides is 1. The number of benzene rings is 4. The molecule has 1 amide bonds. The Morgan fingerprint density at radius 3 is 1.86 bits per heavy atom. The van der Waals surface area contributed by atoms with Crippen LogP contribution in [-0.4, -0.2) is 64.7 Å². The third kappa shape index (κ3) is 11.4. The molecule has 1 aromatic heterocycles. The summed E-state index contributed by atoms with van der Waals surface area (Å²) in [5, 5.41) is 22.1. The van der Waals surface area contributed by atoms with Crippen molar-refractivity contribution >= 4 is 40.9 Å². The average molecular weight is 676 g/mol. The Morgan fingerprint density at radius 2 is 1.22 bits per heavy atom. The van der Waals surface area contributed by atoms with Gasteiger partial charge >= 0.3 is 0 Å². The second-order valence-corrected chi connectivity index (χ2v) is 11.3. The van der Waals surface area contributed by atoms with Crippen molar-refractivity contribution in [2.75, 3.05) is 48.9 Å². The maximum absolute atomic E-state index is 12.8. The van der Waals surface area contributed by atoms with Crippen LogP contribution in [0.3, 0.4) is 0 Å². The van der Waals surface area contributed by atoms with Gasteiger partial charge in [0.25, 0.3) is 5.91 Å². The van der Waals surface area contributed by atoms with Crippen LogP contribution < -0.4 is 21.3 Å². The third-order valence-corrected chi connectivity index (χ3v) is 7.50. The van der Waals surface area contributed by atoms with E-state index in [4.69, 9.17) is 9.47 Å².